The summed E-state index contributed by atoms with van der Waals surface area (Å²) >= 11 is 1.73. The molecule has 7 heteroatoms. The van der Waals surface area contributed by atoms with Gasteiger partial charge in [0.05, 0.1) is 28.9 Å². The standard InChI is InChI=1S/C18H21N3O3S/c1-13(17(16-5-4-12-25-16)20-10-2-3-11-20)19-18(22)14-6-8-15(9-7-14)21(23)24/h4-9,12-13,17H,2-3,10-11H2,1H3,(H,19,22)/p+1/t13-,17-/m0/s1. The number of likely N-dealkylation sites (tertiary alicyclic amines) is 1. The van der Waals surface area contributed by atoms with Gasteiger partial charge in [-0.15, -0.1) is 11.3 Å². The second-order valence-corrected chi connectivity index (χ2v) is 7.40. The number of benzene rings is 1. The Morgan fingerprint density at radius 1 is 1.24 bits per heavy atom. The van der Waals surface area contributed by atoms with Crippen LogP contribution in [0.2, 0.25) is 0 Å². The Labute approximate surface area is 150 Å². The minimum absolute atomic E-state index is 0.0115. The smallest absolute Gasteiger partial charge is 0.269 e. The van der Waals surface area contributed by atoms with Gasteiger partial charge in [0.15, 0.2) is 0 Å². The van der Waals surface area contributed by atoms with Crippen LogP contribution >= 0.6 is 11.3 Å². The van der Waals surface area contributed by atoms with Crippen LogP contribution in [0.5, 0.6) is 0 Å². The summed E-state index contributed by atoms with van der Waals surface area (Å²) in [5, 5.41) is 15.9. The first kappa shape index (κ1) is 17.6. The molecular weight excluding hydrogens is 338 g/mol. The molecule has 1 saturated heterocycles. The van der Waals surface area contributed by atoms with Crippen molar-refractivity contribution in [2.45, 2.75) is 31.8 Å². The Bertz CT molecular complexity index is 725. The van der Waals surface area contributed by atoms with Crippen LogP contribution in [0, 0.1) is 10.1 Å². The van der Waals surface area contributed by atoms with Crippen molar-refractivity contribution in [3.8, 4) is 0 Å². The predicted molar refractivity (Wildman–Crippen MR) is 97.0 cm³/mol. The lowest BCUT2D eigenvalue weighted by atomic mass is 10.1. The van der Waals surface area contributed by atoms with E-state index in [1.165, 1.54) is 46.9 Å². The summed E-state index contributed by atoms with van der Waals surface area (Å²) in [6.45, 7) is 4.29. The molecule has 1 aliphatic heterocycles. The number of quaternary nitrogens is 1. The molecule has 6 nitrogen and oxygen atoms in total. The lowest BCUT2D eigenvalue weighted by Gasteiger charge is -2.29. The van der Waals surface area contributed by atoms with Gasteiger partial charge < -0.3 is 10.2 Å². The average Bonchev–Trinajstić information content (AvgIpc) is 3.29. The van der Waals surface area contributed by atoms with E-state index >= 15 is 0 Å². The van der Waals surface area contributed by atoms with Gasteiger partial charge in [-0.05, 0) is 30.5 Å². The van der Waals surface area contributed by atoms with Gasteiger partial charge >= 0.3 is 0 Å². The Morgan fingerprint density at radius 3 is 2.48 bits per heavy atom. The number of carbonyl (C=O) groups excluding carboxylic acids is 1. The Hall–Kier alpha value is -2.25. The fraction of sp³-hybridized carbons (Fsp3) is 0.389. The van der Waals surface area contributed by atoms with Gasteiger partial charge in [-0.1, -0.05) is 6.07 Å². The zero-order chi connectivity index (χ0) is 17.8. The van der Waals surface area contributed by atoms with Crippen molar-refractivity contribution in [2.24, 2.45) is 0 Å². The van der Waals surface area contributed by atoms with Crippen LogP contribution in [0.4, 0.5) is 5.69 Å². The lowest BCUT2D eigenvalue weighted by molar-refractivity contribution is -0.920. The lowest BCUT2D eigenvalue weighted by Crippen LogP contribution is -3.11. The number of nitro benzene ring substituents is 1. The molecule has 25 heavy (non-hydrogen) atoms. The molecule has 1 amide bonds. The molecule has 132 valence electrons. The van der Waals surface area contributed by atoms with Gasteiger partial charge in [-0.3, -0.25) is 14.9 Å². The molecule has 0 radical (unpaired) electrons. The van der Waals surface area contributed by atoms with Crippen LogP contribution in [0.25, 0.3) is 0 Å². The Kier molecular flexibility index (Phi) is 5.45. The maximum atomic E-state index is 12.5. The van der Waals surface area contributed by atoms with Gasteiger partial charge in [-0.2, -0.15) is 0 Å². The monoisotopic (exact) mass is 360 g/mol. The summed E-state index contributed by atoms with van der Waals surface area (Å²) in [5.74, 6) is -0.192. The van der Waals surface area contributed by atoms with Crippen LogP contribution in [0.1, 0.15) is 41.0 Å². The molecule has 1 aliphatic rings. The van der Waals surface area contributed by atoms with E-state index in [2.05, 4.69) is 16.8 Å². The quantitative estimate of drug-likeness (QED) is 0.612. The number of nitro groups is 1. The molecule has 0 spiro atoms. The summed E-state index contributed by atoms with van der Waals surface area (Å²) in [6, 6.07) is 10.1. The largest absolute Gasteiger partial charge is 0.343 e. The van der Waals surface area contributed by atoms with Crippen LogP contribution in [-0.4, -0.2) is 30.0 Å². The van der Waals surface area contributed by atoms with E-state index in [4.69, 9.17) is 0 Å². The number of nitrogens with zero attached hydrogens (tertiary/aromatic N) is 1. The third-order valence-electron chi connectivity index (χ3n) is 4.73. The van der Waals surface area contributed by atoms with E-state index in [0.717, 1.165) is 13.1 Å². The predicted octanol–water partition coefficient (Wildman–Crippen LogP) is 2.19. The van der Waals surface area contributed by atoms with Gasteiger partial charge in [0.25, 0.3) is 11.6 Å². The summed E-state index contributed by atoms with van der Waals surface area (Å²) < 4.78 is 0. The highest BCUT2D eigenvalue weighted by molar-refractivity contribution is 7.10. The number of rotatable bonds is 6. The molecule has 2 atom stereocenters. The molecule has 0 bridgehead atoms. The Balaban J connectivity index is 1.73. The molecular formula is C18H22N3O3S+. The molecule has 2 heterocycles. The maximum absolute atomic E-state index is 12.5. The minimum atomic E-state index is -0.464. The first-order chi connectivity index (χ1) is 12.1. The minimum Gasteiger partial charge on any atom is -0.343 e. The second-order valence-electron chi connectivity index (χ2n) is 6.42. The van der Waals surface area contributed by atoms with Crippen molar-refractivity contribution in [1.29, 1.82) is 0 Å². The van der Waals surface area contributed by atoms with Gasteiger partial charge in [-0.25, -0.2) is 0 Å². The second kappa shape index (κ2) is 7.76. The van der Waals surface area contributed by atoms with Crippen molar-refractivity contribution in [3.05, 3.63) is 62.3 Å². The van der Waals surface area contributed by atoms with E-state index in [1.807, 2.05) is 13.0 Å². The highest BCUT2D eigenvalue weighted by Crippen LogP contribution is 2.21. The highest BCUT2D eigenvalue weighted by atomic mass is 32.1. The van der Waals surface area contributed by atoms with Crippen molar-refractivity contribution < 1.29 is 14.6 Å². The van der Waals surface area contributed by atoms with Crippen LogP contribution < -0.4 is 10.2 Å². The first-order valence-electron chi connectivity index (χ1n) is 8.49. The first-order valence-corrected chi connectivity index (χ1v) is 9.37. The zero-order valence-corrected chi connectivity index (χ0v) is 14.9. The molecule has 2 N–H and O–H groups in total. The van der Waals surface area contributed by atoms with E-state index in [1.54, 1.807) is 11.3 Å². The highest BCUT2D eigenvalue weighted by Gasteiger charge is 2.33. The molecule has 0 aliphatic carbocycles. The van der Waals surface area contributed by atoms with Crippen molar-refractivity contribution in [2.75, 3.05) is 13.1 Å². The zero-order valence-electron chi connectivity index (χ0n) is 14.1. The SMILES string of the molecule is C[C@H](NC(=O)c1ccc([N+](=O)[O-])cc1)[C@@H](c1cccs1)[NH+]1CCCC1. The van der Waals surface area contributed by atoms with Gasteiger partial charge in [0, 0.05) is 30.5 Å². The van der Waals surface area contributed by atoms with E-state index in [9.17, 15) is 14.9 Å². The van der Waals surface area contributed by atoms with Gasteiger partial charge in [0.2, 0.25) is 0 Å². The molecule has 0 saturated carbocycles. The number of nitrogens with one attached hydrogen (secondary N) is 2. The van der Waals surface area contributed by atoms with Crippen molar-refractivity contribution in [1.82, 2.24) is 5.32 Å². The van der Waals surface area contributed by atoms with E-state index < -0.39 is 4.92 Å². The fourth-order valence-electron chi connectivity index (χ4n) is 3.52. The fourth-order valence-corrected chi connectivity index (χ4v) is 4.51. The van der Waals surface area contributed by atoms with Crippen LogP contribution in [0.15, 0.2) is 41.8 Å². The van der Waals surface area contributed by atoms with Crippen LogP contribution in [0.3, 0.4) is 0 Å². The average molecular weight is 360 g/mol. The van der Waals surface area contributed by atoms with Gasteiger partial charge in [0.1, 0.15) is 6.04 Å². The number of non-ortho nitro benzene ring substituents is 1. The summed E-state index contributed by atoms with van der Waals surface area (Å²) in [7, 11) is 0. The number of amides is 1. The summed E-state index contributed by atoms with van der Waals surface area (Å²) in [5.41, 5.74) is 0.432. The molecule has 3 rings (SSSR count). The van der Waals surface area contributed by atoms with Crippen molar-refractivity contribution in [3.63, 3.8) is 0 Å². The van der Waals surface area contributed by atoms with Crippen molar-refractivity contribution >= 4 is 22.9 Å². The number of thiophene rings is 1. The molecule has 1 fully saturated rings. The molecule has 1 aromatic heterocycles. The maximum Gasteiger partial charge on any atom is 0.269 e. The molecule has 1 aromatic carbocycles. The van der Waals surface area contributed by atoms with Crippen LogP contribution in [-0.2, 0) is 0 Å². The topological polar surface area (TPSA) is 76.7 Å². The normalized spacial score (nSPS) is 17.2. The molecule has 2 aromatic rings. The van der Waals surface area contributed by atoms with E-state index in [-0.39, 0.29) is 23.7 Å². The third-order valence-corrected chi connectivity index (χ3v) is 5.69. The number of hydrogen-bond donors (Lipinski definition) is 2. The summed E-state index contributed by atoms with van der Waals surface area (Å²) in [4.78, 5) is 25.6. The number of carbonyl (C=O) groups is 1. The summed E-state index contributed by atoms with van der Waals surface area (Å²) in [6.07, 6.45) is 2.44. The van der Waals surface area contributed by atoms with E-state index in [0.29, 0.717) is 5.56 Å². The number of hydrogen-bond acceptors (Lipinski definition) is 4. The Morgan fingerprint density at radius 2 is 1.92 bits per heavy atom. The molecule has 0 unspecified atom stereocenters. The third kappa shape index (κ3) is 4.05.